The lowest BCUT2D eigenvalue weighted by atomic mass is 9.82. The molecule has 0 bridgehead atoms. The summed E-state index contributed by atoms with van der Waals surface area (Å²) in [4.78, 5) is 22.8. The minimum Gasteiger partial charge on any atom is -0.481 e. The molecule has 2 N–H and O–H groups in total. The molecule has 23 heavy (non-hydrogen) atoms. The Balaban J connectivity index is 1.99. The number of hydrogen-bond donors (Lipinski definition) is 2. The summed E-state index contributed by atoms with van der Waals surface area (Å²) in [5, 5.41) is 11.8. The van der Waals surface area contributed by atoms with Crippen LogP contribution in [0.3, 0.4) is 0 Å². The van der Waals surface area contributed by atoms with Gasteiger partial charge in [0.15, 0.2) is 0 Å². The normalized spacial score (nSPS) is 16.7. The maximum Gasteiger partial charge on any atom is 0.303 e. The van der Waals surface area contributed by atoms with Gasteiger partial charge >= 0.3 is 5.97 Å². The van der Waals surface area contributed by atoms with Gasteiger partial charge in [0.2, 0.25) is 5.91 Å². The zero-order chi connectivity index (χ0) is 16.7. The number of rotatable bonds is 7. The van der Waals surface area contributed by atoms with Crippen LogP contribution in [0.15, 0.2) is 28.7 Å². The van der Waals surface area contributed by atoms with E-state index in [0.29, 0.717) is 32.5 Å². The lowest BCUT2D eigenvalue weighted by molar-refractivity contribution is -0.137. The van der Waals surface area contributed by atoms with E-state index in [9.17, 15) is 9.59 Å². The van der Waals surface area contributed by atoms with Crippen LogP contribution in [0.1, 0.15) is 44.1 Å². The molecule has 1 aromatic carbocycles. The second kappa shape index (κ2) is 8.45. The number of carbonyl (C=O) groups excluding carboxylic acids is 1. The molecule has 126 valence electrons. The minimum absolute atomic E-state index is 0.0276. The van der Waals surface area contributed by atoms with Gasteiger partial charge in [-0.2, -0.15) is 0 Å². The summed E-state index contributed by atoms with van der Waals surface area (Å²) in [6.45, 7) is 1.24. The highest BCUT2D eigenvalue weighted by Gasteiger charge is 2.35. The Morgan fingerprint density at radius 3 is 2.35 bits per heavy atom. The number of unbranched alkanes of at least 4 members (excludes halogenated alkanes) is 1. The number of ether oxygens (including phenoxy) is 1. The molecule has 0 unspecified atom stereocenters. The average molecular weight is 384 g/mol. The predicted octanol–water partition coefficient (Wildman–Crippen LogP) is 3.22. The smallest absolute Gasteiger partial charge is 0.303 e. The van der Waals surface area contributed by atoms with Crippen molar-refractivity contribution in [2.75, 3.05) is 13.2 Å². The molecular weight excluding hydrogens is 362 g/mol. The number of carboxylic acids is 1. The van der Waals surface area contributed by atoms with Gasteiger partial charge in [-0.1, -0.05) is 28.1 Å². The Morgan fingerprint density at radius 2 is 1.74 bits per heavy atom. The van der Waals surface area contributed by atoms with Gasteiger partial charge in [-0.3, -0.25) is 9.59 Å². The van der Waals surface area contributed by atoms with Crippen molar-refractivity contribution in [3.05, 3.63) is 34.3 Å². The third-order valence-corrected chi connectivity index (χ3v) is 4.70. The fraction of sp³-hybridized carbons (Fsp3) is 0.529. The van der Waals surface area contributed by atoms with E-state index >= 15 is 0 Å². The molecular formula is C17H22BrNO4. The standard InChI is InChI=1S/C17H22BrNO4/c18-14-7-5-13(6-8-14)17(9-11-23-12-10-17)19-15(20)3-1-2-4-16(21)22/h5-8H,1-4,9-12H2,(H,19,20)(H,21,22). The number of benzene rings is 1. The molecule has 1 saturated heterocycles. The molecule has 1 aromatic rings. The molecule has 0 radical (unpaired) electrons. The number of halogens is 1. The van der Waals surface area contributed by atoms with Gasteiger partial charge in [0.05, 0.1) is 5.54 Å². The van der Waals surface area contributed by atoms with E-state index in [-0.39, 0.29) is 17.9 Å². The van der Waals surface area contributed by atoms with Crippen molar-refractivity contribution in [1.29, 1.82) is 0 Å². The molecule has 1 aliphatic heterocycles. The fourth-order valence-electron chi connectivity index (χ4n) is 2.87. The quantitative estimate of drug-likeness (QED) is 0.708. The third-order valence-electron chi connectivity index (χ3n) is 4.17. The van der Waals surface area contributed by atoms with E-state index in [2.05, 4.69) is 21.2 Å². The molecule has 0 aromatic heterocycles. The summed E-state index contributed by atoms with van der Waals surface area (Å²) < 4.78 is 6.45. The summed E-state index contributed by atoms with van der Waals surface area (Å²) in [5.41, 5.74) is 0.700. The first-order valence-electron chi connectivity index (χ1n) is 7.88. The van der Waals surface area contributed by atoms with Crippen molar-refractivity contribution in [1.82, 2.24) is 5.32 Å². The fourth-order valence-corrected chi connectivity index (χ4v) is 3.13. The lowest BCUT2D eigenvalue weighted by Crippen LogP contribution is -2.49. The number of aliphatic carboxylic acids is 1. The van der Waals surface area contributed by atoms with Crippen LogP contribution in [0.25, 0.3) is 0 Å². The number of amides is 1. The molecule has 1 amide bonds. The Labute approximate surface area is 144 Å². The van der Waals surface area contributed by atoms with Crippen LogP contribution in [0.5, 0.6) is 0 Å². The Bertz CT molecular complexity index is 538. The second-order valence-electron chi connectivity index (χ2n) is 5.85. The van der Waals surface area contributed by atoms with E-state index in [1.54, 1.807) is 0 Å². The van der Waals surface area contributed by atoms with Gasteiger partial charge in [0.1, 0.15) is 0 Å². The molecule has 0 aliphatic carbocycles. The van der Waals surface area contributed by atoms with Crippen molar-refractivity contribution in [2.45, 2.75) is 44.1 Å². The van der Waals surface area contributed by atoms with E-state index in [4.69, 9.17) is 9.84 Å². The minimum atomic E-state index is -0.818. The number of carboxylic acid groups (broad SMARTS) is 1. The highest BCUT2D eigenvalue weighted by molar-refractivity contribution is 9.10. The van der Waals surface area contributed by atoms with Gasteiger partial charge in [0.25, 0.3) is 0 Å². The molecule has 1 heterocycles. The molecule has 1 fully saturated rings. The maximum absolute atomic E-state index is 12.3. The summed E-state index contributed by atoms with van der Waals surface area (Å²) in [6.07, 6.45) is 3.07. The van der Waals surface area contributed by atoms with Crippen LogP contribution in [-0.4, -0.2) is 30.2 Å². The first kappa shape index (κ1) is 17.9. The average Bonchev–Trinajstić information content (AvgIpc) is 2.53. The van der Waals surface area contributed by atoms with Crippen molar-refractivity contribution in [3.8, 4) is 0 Å². The van der Waals surface area contributed by atoms with Crippen LogP contribution in [0.2, 0.25) is 0 Å². The van der Waals surface area contributed by atoms with Gasteiger partial charge < -0.3 is 15.2 Å². The first-order valence-corrected chi connectivity index (χ1v) is 8.68. The van der Waals surface area contributed by atoms with Crippen LogP contribution in [-0.2, 0) is 19.9 Å². The summed E-state index contributed by atoms with van der Waals surface area (Å²) >= 11 is 3.43. The first-order chi connectivity index (χ1) is 11.0. The number of hydrogen-bond acceptors (Lipinski definition) is 3. The largest absolute Gasteiger partial charge is 0.481 e. The number of carbonyl (C=O) groups is 2. The highest BCUT2D eigenvalue weighted by atomic mass is 79.9. The van der Waals surface area contributed by atoms with Crippen LogP contribution < -0.4 is 5.32 Å². The number of nitrogens with one attached hydrogen (secondary N) is 1. The predicted molar refractivity (Wildman–Crippen MR) is 90.1 cm³/mol. The molecule has 2 rings (SSSR count). The van der Waals surface area contributed by atoms with Crippen molar-refractivity contribution in [2.24, 2.45) is 0 Å². The van der Waals surface area contributed by atoms with Crippen LogP contribution >= 0.6 is 15.9 Å². The molecule has 0 atom stereocenters. The van der Waals surface area contributed by atoms with Crippen molar-refractivity contribution < 1.29 is 19.4 Å². The summed E-state index contributed by atoms with van der Waals surface area (Å²) in [5.74, 6) is -0.846. The third kappa shape index (κ3) is 5.32. The maximum atomic E-state index is 12.3. The van der Waals surface area contributed by atoms with Gasteiger partial charge in [-0.25, -0.2) is 0 Å². The summed E-state index contributed by atoms with van der Waals surface area (Å²) in [7, 11) is 0. The van der Waals surface area contributed by atoms with Gasteiger partial charge in [0, 0.05) is 30.5 Å². The van der Waals surface area contributed by atoms with Crippen LogP contribution in [0.4, 0.5) is 0 Å². The Morgan fingerprint density at radius 1 is 1.13 bits per heavy atom. The summed E-state index contributed by atoms with van der Waals surface area (Å²) in [6, 6.07) is 8.01. The Hall–Kier alpha value is -1.40. The van der Waals surface area contributed by atoms with Crippen molar-refractivity contribution in [3.63, 3.8) is 0 Å². The molecule has 0 spiro atoms. The topological polar surface area (TPSA) is 75.6 Å². The molecule has 0 saturated carbocycles. The van der Waals surface area contributed by atoms with E-state index in [1.807, 2.05) is 24.3 Å². The van der Waals surface area contributed by atoms with E-state index in [0.717, 1.165) is 22.9 Å². The van der Waals surface area contributed by atoms with Gasteiger partial charge in [-0.15, -0.1) is 0 Å². The monoisotopic (exact) mass is 383 g/mol. The van der Waals surface area contributed by atoms with Gasteiger partial charge in [-0.05, 0) is 43.4 Å². The molecule has 5 nitrogen and oxygen atoms in total. The zero-order valence-corrected chi connectivity index (χ0v) is 14.6. The molecule has 6 heteroatoms. The van der Waals surface area contributed by atoms with E-state index < -0.39 is 5.97 Å². The molecule has 1 aliphatic rings. The SMILES string of the molecule is O=C(O)CCCCC(=O)NC1(c2ccc(Br)cc2)CCOCC1. The van der Waals surface area contributed by atoms with Crippen LogP contribution in [0, 0.1) is 0 Å². The highest BCUT2D eigenvalue weighted by Crippen LogP contribution is 2.33. The van der Waals surface area contributed by atoms with Crippen molar-refractivity contribution >= 4 is 27.8 Å². The Kier molecular flexibility index (Phi) is 6.59. The van der Waals surface area contributed by atoms with E-state index in [1.165, 1.54) is 0 Å². The second-order valence-corrected chi connectivity index (χ2v) is 6.77. The lowest BCUT2D eigenvalue weighted by Gasteiger charge is -2.38. The zero-order valence-electron chi connectivity index (χ0n) is 13.0.